The zero-order valence-corrected chi connectivity index (χ0v) is 14.2. The second-order valence-electron chi connectivity index (χ2n) is 5.73. The van der Waals surface area contributed by atoms with Crippen molar-refractivity contribution in [1.29, 1.82) is 0 Å². The van der Waals surface area contributed by atoms with Gasteiger partial charge in [-0.25, -0.2) is 4.79 Å². The van der Waals surface area contributed by atoms with Gasteiger partial charge < -0.3 is 20.9 Å². The van der Waals surface area contributed by atoms with Crippen LogP contribution in [0.2, 0.25) is 0 Å². The number of carbonyl (C=O) groups is 2. The number of ether oxygens (including phenoxy) is 1. The number of hydrogen-bond acceptors (Lipinski definition) is 5. The van der Waals surface area contributed by atoms with E-state index in [9.17, 15) is 14.7 Å². The van der Waals surface area contributed by atoms with E-state index in [1.165, 1.54) is 7.11 Å². The summed E-state index contributed by atoms with van der Waals surface area (Å²) in [4.78, 5) is 23.0. The van der Waals surface area contributed by atoms with E-state index in [-0.39, 0.29) is 6.04 Å². The van der Waals surface area contributed by atoms with E-state index in [1.54, 1.807) is 24.3 Å². The zero-order valence-electron chi connectivity index (χ0n) is 14.2. The van der Waals surface area contributed by atoms with E-state index >= 15 is 0 Å². The summed E-state index contributed by atoms with van der Waals surface area (Å²) >= 11 is 0. The summed E-state index contributed by atoms with van der Waals surface area (Å²) in [6, 6.07) is 15.3. The molecular formula is C19H22N2O4. The molecular weight excluding hydrogens is 320 g/mol. The van der Waals surface area contributed by atoms with Crippen molar-refractivity contribution >= 4 is 11.9 Å². The lowest BCUT2D eigenvalue weighted by atomic mass is 9.97. The van der Waals surface area contributed by atoms with Crippen LogP contribution in [0.3, 0.4) is 0 Å². The van der Waals surface area contributed by atoms with Crippen molar-refractivity contribution in [2.75, 3.05) is 7.11 Å². The smallest absolute Gasteiger partial charge is 0.336 e. The largest absolute Gasteiger partial charge is 0.467 e. The van der Waals surface area contributed by atoms with E-state index in [0.717, 1.165) is 5.56 Å². The first kappa shape index (κ1) is 18.6. The molecule has 0 saturated carbocycles. The van der Waals surface area contributed by atoms with Gasteiger partial charge in [0.15, 0.2) is 6.10 Å². The van der Waals surface area contributed by atoms with Gasteiger partial charge in [-0.1, -0.05) is 42.5 Å². The lowest BCUT2D eigenvalue weighted by Gasteiger charge is -2.27. The van der Waals surface area contributed by atoms with Crippen LogP contribution in [0.4, 0.5) is 0 Å². The number of amides is 1. The molecule has 6 heteroatoms. The van der Waals surface area contributed by atoms with Gasteiger partial charge in [0.05, 0.1) is 13.2 Å². The van der Waals surface area contributed by atoms with Crippen LogP contribution in [0.5, 0.6) is 0 Å². The van der Waals surface area contributed by atoms with Crippen LogP contribution in [0.1, 0.15) is 40.5 Å². The van der Waals surface area contributed by atoms with Gasteiger partial charge in [0.2, 0.25) is 5.91 Å². The Morgan fingerprint density at radius 1 is 1.04 bits per heavy atom. The number of aliphatic hydroxyl groups is 1. The lowest BCUT2D eigenvalue weighted by molar-refractivity contribution is -0.152. The standard InChI is InChI=1S/C19H22N2O4/c1-12(13-6-4-3-5-7-13)21-16(17(22)19(24)25-2)14-8-10-15(11-9-14)18(20)23/h3-12,16-17,21-22H,1-2H3,(H2,20,23). The minimum absolute atomic E-state index is 0.124. The van der Waals surface area contributed by atoms with Gasteiger partial charge in [-0.05, 0) is 30.2 Å². The molecule has 25 heavy (non-hydrogen) atoms. The monoisotopic (exact) mass is 342 g/mol. The maximum atomic E-state index is 11.8. The summed E-state index contributed by atoms with van der Waals surface area (Å²) in [5.41, 5.74) is 7.26. The molecule has 1 amide bonds. The van der Waals surface area contributed by atoms with Gasteiger partial charge in [-0.3, -0.25) is 4.79 Å². The van der Waals surface area contributed by atoms with Crippen molar-refractivity contribution in [2.45, 2.75) is 25.1 Å². The lowest BCUT2D eigenvalue weighted by Crippen LogP contribution is -2.39. The fourth-order valence-corrected chi connectivity index (χ4v) is 2.59. The number of carbonyl (C=O) groups excluding carboxylic acids is 2. The minimum atomic E-state index is -1.39. The summed E-state index contributed by atoms with van der Waals surface area (Å²) in [5.74, 6) is -1.28. The molecule has 0 saturated heterocycles. The SMILES string of the molecule is COC(=O)C(O)C(NC(C)c1ccccc1)c1ccc(C(N)=O)cc1. The van der Waals surface area contributed by atoms with Gasteiger partial charge in [0.25, 0.3) is 0 Å². The topological polar surface area (TPSA) is 102 Å². The van der Waals surface area contributed by atoms with Crippen LogP contribution in [0.15, 0.2) is 54.6 Å². The molecule has 2 rings (SSSR count). The van der Waals surface area contributed by atoms with Crippen LogP contribution >= 0.6 is 0 Å². The van der Waals surface area contributed by atoms with Crippen LogP contribution in [-0.2, 0) is 9.53 Å². The molecule has 3 atom stereocenters. The molecule has 0 aliphatic rings. The Balaban J connectivity index is 2.29. The maximum Gasteiger partial charge on any atom is 0.336 e. The number of aliphatic hydroxyl groups excluding tert-OH is 1. The molecule has 2 aromatic carbocycles. The number of nitrogens with one attached hydrogen (secondary N) is 1. The van der Waals surface area contributed by atoms with Gasteiger partial charge in [-0.2, -0.15) is 0 Å². The first-order valence-corrected chi connectivity index (χ1v) is 7.90. The second-order valence-corrected chi connectivity index (χ2v) is 5.73. The normalized spacial score (nSPS) is 14.4. The molecule has 4 N–H and O–H groups in total. The van der Waals surface area contributed by atoms with Gasteiger partial charge in [-0.15, -0.1) is 0 Å². The highest BCUT2D eigenvalue weighted by atomic mass is 16.5. The Hall–Kier alpha value is -2.70. The third kappa shape index (κ3) is 4.65. The summed E-state index contributed by atoms with van der Waals surface area (Å²) in [6.45, 7) is 1.93. The van der Waals surface area contributed by atoms with E-state index in [4.69, 9.17) is 5.73 Å². The van der Waals surface area contributed by atoms with Crippen LogP contribution < -0.4 is 11.1 Å². The molecule has 0 fully saturated rings. The van der Waals surface area contributed by atoms with Crippen LogP contribution in [0.25, 0.3) is 0 Å². The molecule has 132 valence electrons. The summed E-state index contributed by atoms with van der Waals surface area (Å²) in [5, 5.41) is 13.6. The first-order chi connectivity index (χ1) is 11.9. The van der Waals surface area contributed by atoms with Gasteiger partial charge in [0.1, 0.15) is 0 Å². The van der Waals surface area contributed by atoms with Crippen molar-refractivity contribution in [3.63, 3.8) is 0 Å². The highest BCUT2D eigenvalue weighted by Crippen LogP contribution is 2.23. The van der Waals surface area contributed by atoms with E-state index in [2.05, 4.69) is 10.1 Å². The molecule has 0 radical (unpaired) electrons. The van der Waals surface area contributed by atoms with Gasteiger partial charge >= 0.3 is 5.97 Å². The third-order valence-electron chi connectivity index (χ3n) is 4.04. The Bertz CT molecular complexity index is 716. The van der Waals surface area contributed by atoms with Crippen molar-refractivity contribution in [3.8, 4) is 0 Å². The van der Waals surface area contributed by atoms with Gasteiger partial charge in [0, 0.05) is 11.6 Å². The summed E-state index contributed by atoms with van der Waals surface area (Å²) < 4.78 is 4.66. The molecule has 2 aromatic rings. The fourth-order valence-electron chi connectivity index (χ4n) is 2.59. The number of benzene rings is 2. The molecule has 0 heterocycles. The summed E-state index contributed by atoms with van der Waals surface area (Å²) in [6.07, 6.45) is -1.39. The quantitative estimate of drug-likeness (QED) is 0.665. The average Bonchev–Trinajstić information content (AvgIpc) is 2.65. The van der Waals surface area contributed by atoms with E-state index in [1.807, 2.05) is 37.3 Å². The van der Waals surface area contributed by atoms with E-state index in [0.29, 0.717) is 11.1 Å². The molecule has 6 nitrogen and oxygen atoms in total. The predicted octanol–water partition coefficient (Wildman–Crippen LogP) is 1.71. The molecule has 0 aliphatic carbocycles. The van der Waals surface area contributed by atoms with Crippen molar-refractivity contribution < 1.29 is 19.4 Å². The number of esters is 1. The Labute approximate surface area is 146 Å². The Kier molecular flexibility index (Phi) is 6.27. The van der Waals surface area contributed by atoms with Crippen LogP contribution in [0, 0.1) is 0 Å². The Morgan fingerprint density at radius 3 is 2.16 bits per heavy atom. The molecule has 0 aromatic heterocycles. The maximum absolute atomic E-state index is 11.8. The van der Waals surface area contributed by atoms with E-state index < -0.39 is 24.0 Å². The fraction of sp³-hybridized carbons (Fsp3) is 0.263. The minimum Gasteiger partial charge on any atom is -0.467 e. The number of primary amides is 1. The van der Waals surface area contributed by atoms with Crippen molar-refractivity contribution in [2.24, 2.45) is 5.73 Å². The third-order valence-corrected chi connectivity index (χ3v) is 4.04. The van der Waals surface area contributed by atoms with Crippen molar-refractivity contribution in [1.82, 2.24) is 5.32 Å². The number of hydrogen-bond donors (Lipinski definition) is 3. The average molecular weight is 342 g/mol. The number of rotatable bonds is 7. The highest BCUT2D eigenvalue weighted by molar-refractivity contribution is 5.92. The molecule has 0 bridgehead atoms. The molecule has 0 spiro atoms. The highest BCUT2D eigenvalue weighted by Gasteiger charge is 2.29. The van der Waals surface area contributed by atoms with Crippen LogP contribution in [-0.4, -0.2) is 30.2 Å². The molecule has 0 aliphatic heterocycles. The zero-order chi connectivity index (χ0) is 18.4. The number of nitrogens with two attached hydrogens (primary N) is 1. The summed E-state index contributed by atoms with van der Waals surface area (Å²) in [7, 11) is 1.22. The first-order valence-electron chi connectivity index (χ1n) is 7.90. The second kappa shape index (κ2) is 8.41. The van der Waals surface area contributed by atoms with Crippen molar-refractivity contribution in [3.05, 3.63) is 71.3 Å². The Morgan fingerprint density at radius 2 is 1.64 bits per heavy atom. The number of methoxy groups -OCH3 is 1. The molecule has 3 unspecified atom stereocenters. The predicted molar refractivity (Wildman–Crippen MR) is 93.7 cm³/mol.